The molecule has 0 unspecified atom stereocenters. The van der Waals surface area contributed by atoms with Crippen molar-refractivity contribution in [3.8, 4) is 0 Å². The van der Waals surface area contributed by atoms with Crippen molar-refractivity contribution in [2.45, 2.75) is 88.9 Å². The van der Waals surface area contributed by atoms with Gasteiger partial charge in [0.15, 0.2) is 0 Å². The minimum Gasteiger partial charge on any atom is -0.265 e. The predicted octanol–water partition coefficient (Wildman–Crippen LogP) is 8.45. The Bertz CT molecular complexity index is 1130. The Morgan fingerprint density at radius 3 is 2.09 bits per heavy atom. The second-order valence-electron chi connectivity index (χ2n) is 10.5. The van der Waals surface area contributed by atoms with Gasteiger partial charge < -0.3 is 0 Å². The molecule has 2 aromatic carbocycles. The smallest absolute Gasteiger partial charge is 0.264 e. The first kappa shape index (κ1) is 25.8. The van der Waals surface area contributed by atoms with Crippen LogP contribution in [0.1, 0.15) is 88.2 Å². The lowest BCUT2D eigenvalue weighted by molar-refractivity contribution is 0.434. The number of nitrogens with zero attached hydrogens (tertiary/aromatic N) is 1. The Hall–Kier alpha value is -2.33. The number of fused-ring (bicyclic) bond motifs is 1. The molecule has 1 aliphatic heterocycles. The quantitative estimate of drug-likeness (QED) is 0.395. The summed E-state index contributed by atoms with van der Waals surface area (Å²) in [6.07, 6.45) is 19.3. The van der Waals surface area contributed by atoms with Crippen molar-refractivity contribution in [3.05, 3.63) is 78.4 Å². The van der Waals surface area contributed by atoms with Crippen molar-refractivity contribution in [2.24, 2.45) is 5.41 Å². The van der Waals surface area contributed by atoms with Crippen LogP contribution < -0.4 is 4.31 Å². The molecule has 2 aliphatic rings. The van der Waals surface area contributed by atoms with Crippen LogP contribution in [0.3, 0.4) is 0 Å². The van der Waals surface area contributed by atoms with Crippen LogP contribution in [0.2, 0.25) is 0 Å². The van der Waals surface area contributed by atoms with E-state index in [1.54, 1.807) is 16.4 Å². The van der Waals surface area contributed by atoms with Crippen LogP contribution in [0.5, 0.6) is 0 Å². The second-order valence-corrected chi connectivity index (χ2v) is 12.3. The summed E-state index contributed by atoms with van der Waals surface area (Å²) in [7, 11) is -3.70. The number of rotatable bonds is 2. The SMILES string of the molecule is C=C1c2ccccc2N(S(=O)(=O)c2ccc(C)cc2)C[C@]12/C=C/CCCCCCCCCCCC2. The highest BCUT2D eigenvalue weighted by atomic mass is 32.2. The molecule has 0 saturated carbocycles. The maximum Gasteiger partial charge on any atom is 0.264 e. The zero-order valence-corrected chi connectivity index (χ0v) is 22.2. The summed E-state index contributed by atoms with van der Waals surface area (Å²) in [5.41, 5.74) is 3.43. The van der Waals surface area contributed by atoms with E-state index in [2.05, 4.69) is 18.7 Å². The van der Waals surface area contributed by atoms with Gasteiger partial charge in [-0.3, -0.25) is 4.31 Å². The van der Waals surface area contributed by atoms with Crippen molar-refractivity contribution in [1.82, 2.24) is 0 Å². The molecule has 1 atom stereocenters. The number of hydrogen-bond donors (Lipinski definition) is 0. The highest BCUT2D eigenvalue weighted by Gasteiger charge is 2.43. The number of allylic oxidation sites excluding steroid dienone is 1. The molecule has 0 N–H and O–H groups in total. The number of para-hydroxylation sites is 1. The fourth-order valence-electron chi connectivity index (χ4n) is 5.60. The third-order valence-electron chi connectivity index (χ3n) is 7.81. The maximum absolute atomic E-state index is 14.0. The van der Waals surface area contributed by atoms with Gasteiger partial charge in [0.2, 0.25) is 0 Å². The third kappa shape index (κ3) is 5.91. The van der Waals surface area contributed by atoms with Crippen molar-refractivity contribution in [3.63, 3.8) is 0 Å². The van der Waals surface area contributed by atoms with Crippen LogP contribution in [-0.2, 0) is 10.0 Å². The Morgan fingerprint density at radius 2 is 1.40 bits per heavy atom. The summed E-state index contributed by atoms with van der Waals surface area (Å²) in [6, 6.07) is 15.1. The van der Waals surface area contributed by atoms with E-state index < -0.39 is 10.0 Å². The fourth-order valence-corrected chi connectivity index (χ4v) is 7.15. The first-order chi connectivity index (χ1) is 16.9. The van der Waals surface area contributed by atoms with Crippen molar-refractivity contribution >= 4 is 21.3 Å². The summed E-state index contributed by atoms with van der Waals surface area (Å²) < 4.78 is 29.6. The third-order valence-corrected chi connectivity index (χ3v) is 9.59. The van der Waals surface area contributed by atoms with E-state index in [0.717, 1.165) is 41.6 Å². The molecule has 2 aromatic rings. The molecule has 3 nitrogen and oxygen atoms in total. The summed E-state index contributed by atoms with van der Waals surface area (Å²) in [5.74, 6) is 0. The normalized spacial score (nSPS) is 23.8. The van der Waals surface area contributed by atoms with E-state index in [0.29, 0.717) is 11.4 Å². The lowest BCUT2D eigenvalue weighted by Gasteiger charge is -2.44. The molecule has 1 spiro atoms. The minimum atomic E-state index is -3.70. The lowest BCUT2D eigenvalue weighted by Crippen LogP contribution is -2.45. The van der Waals surface area contributed by atoms with Crippen molar-refractivity contribution < 1.29 is 8.42 Å². The number of hydrogen-bond acceptors (Lipinski definition) is 2. The van der Waals surface area contributed by atoms with Gasteiger partial charge in [-0.2, -0.15) is 0 Å². The number of sulfonamides is 1. The number of aryl methyl sites for hydroxylation is 1. The van der Waals surface area contributed by atoms with Crippen LogP contribution in [0.4, 0.5) is 5.69 Å². The van der Waals surface area contributed by atoms with Gasteiger partial charge in [-0.25, -0.2) is 8.42 Å². The van der Waals surface area contributed by atoms with Gasteiger partial charge >= 0.3 is 0 Å². The molecular formula is C31H41NO2S. The van der Waals surface area contributed by atoms with Gasteiger partial charge in [-0.05, 0) is 50.0 Å². The first-order valence-electron chi connectivity index (χ1n) is 13.5. The van der Waals surface area contributed by atoms with Crippen LogP contribution in [0.25, 0.3) is 5.57 Å². The second kappa shape index (κ2) is 11.6. The first-order valence-corrected chi connectivity index (χ1v) is 14.9. The molecule has 35 heavy (non-hydrogen) atoms. The Labute approximate surface area is 213 Å². The van der Waals surface area contributed by atoms with Crippen LogP contribution in [0.15, 0.2) is 72.2 Å². The maximum atomic E-state index is 14.0. The van der Waals surface area contributed by atoms with Crippen molar-refractivity contribution in [1.29, 1.82) is 0 Å². The molecule has 0 fully saturated rings. The average Bonchev–Trinajstić information content (AvgIpc) is 2.87. The van der Waals surface area contributed by atoms with Gasteiger partial charge in [0, 0.05) is 17.5 Å². The van der Waals surface area contributed by atoms with Crippen LogP contribution in [-0.4, -0.2) is 15.0 Å². The van der Waals surface area contributed by atoms with Gasteiger partial charge in [-0.15, -0.1) is 0 Å². The molecule has 4 heteroatoms. The summed E-state index contributed by atoms with van der Waals surface area (Å²) in [4.78, 5) is 0.349. The largest absolute Gasteiger partial charge is 0.265 e. The molecule has 0 radical (unpaired) electrons. The highest BCUT2D eigenvalue weighted by molar-refractivity contribution is 7.92. The fraction of sp³-hybridized carbons (Fsp3) is 0.484. The van der Waals surface area contributed by atoms with E-state index in [1.807, 2.05) is 43.3 Å². The monoisotopic (exact) mass is 491 g/mol. The van der Waals surface area contributed by atoms with Gasteiger partial charge in [-0.1, -0.05) is 112 Å². The molecule has 1 heterocycles. The molecule has 4 rings (SSSR count). The van der Waals surface area contributed by atoms with E-state index in [4.69, 9.17) is 0 Å². The Morgan fingerprint density at radius 1 is 0.800 bits per heavy atom. The molecular weight excluding hydrogens is 450 g/mol. The summed E-state index contributed by atoms with van der Waals surface area (Å²) in [6.45, 7) is 6.97. The molecule has 188 valence electrons. The van der Waals surface area contributed by atoms with Gasteiger partial charge in [0.25, 0.3) is 10.0 Å². The van der Waals surface area contributed by atoms with Gasteiger partial charge in [0.1, 0.15) is 0 Å². The lowest BCUT2D eigenvalue weighted by atomic mass is 9.71. The van der Waals surface area contributed by atoms with Crippen LogP contribution >= 0.6 is 0 Å². The standard InChI is InChI=1S/C31H41NO2S/c1-26-19-21-28(22-20-26)35(33,34)32-25-31(27(2)29-17-13-14-18-30(29)32)23-15-11-9-7-5-3-4-6-8-10-12-16-24-31/h13-15,17-23H,2-12,16,24-25H2,1H3/b23-15+/t31-/m1/s1. The molecule has 0 saturated heterocycles. The minimum absolute atomic E-state index is 0.349. The van der Waals surface area contributed by atoms with E-state index in [1.165, 1.54) is 57.8 Å². The Kier molecular flexibility index (Phi) is 8.54. The molecule has 0 amide bonds. The van der Waals surface area contributed by atoms with Crippen molar-refractivity contribution in [2.75, 3.05) is 10.8 Å². The van der Waals surface area contributed by atoms with E-state index >= 15 is 0 Å². The van der Waals surface area contributed by atoms with E-state index in [-0.39, 0.29) is 5.41 Å². The number of benzene rings is 2. The van der Waals surface area contributed by atoms with Crippen LogP contribution in [0, 0.1) is 12.3 Å². The highest BCUT2D eigenvalue weighted by Crippen LogP contribution is 2.50. The predicted molar refractivity (Wildman–Crippen MR) is 148 cm³/mol. The summed E-state index contributed by atoms with van der Waals surface area (Å²) >= 11 is 0. The molecule has 0 bridgehead atoms. The Balaban J connectivity index is 1.72. The van der Waals surface area contributed by atoms with E-state index in [9.17, 15) is 8.42 Å². The topological polar surface area (TPSA) is 37.4 Å². The summed E-state index contributed by atoms with van der Waals surface area (Å²) in [5, 5.41) is 0. The number of anilines is 1. The average molecular weight is 492 g/mol. The molecule has 0 aromatic heterocycles. The zero-order chi connectivity index (χ0) is 24.7. The van der Waals surface area contributed by atoms with Gasteiger partial charge in [0.05, 0.1) is 10.6 Å². The zero-order valence-electron chi connectivity index (χ0n) is 21.3. The molecule has 1 aliphatic carbocycles.